The van der Waals surface area contributed by atoms with Crippen LogP contribution in [0, 0.1) is 0 Å². The fraction of sp³-hybridized carbons (Fsp3) is 0.125. The lowest BCUT2D eigenvalue weighted by Crippen LogP contribution is -2.12. The van der Waals surface area contributed by atoms with E-state index in [9.17, 15) is 0 Å². The van der Waals surface area contributed by atoms with Crippen molar-refractivity contribution in [3.05, 3.63) is 35.9 Å². The lowest BCUT2D eigenvalue weighted by atomic mass is 10.2. The van der Waals surface area contributed by atoms with Crippen LogP contribution < -0.4 is 5.73 Å². The number of amidine groups is 1. The van der Waals surface area contributed by atoms with Crippen LogP contribution in [0.15, 0.2) is 35.5 Å². The second kappa shape index (κ2) is 3.61. The Balaban J connectivity index is 2.85. The summed E-state index contributed by atoms with van der Waals surface area (Å²) in [6.07, 6.45) is 0. The summed E-state index contributed by atoms with van der Waals surface area (Å²) in [5.74, 6) is 0.396. The molecule has 0 unspecified atom stereocenters. The third kappa shape index (κ3) is 1.97. The smallest absolute Gasteiger partial charge is 0.170 e. The van der Waals surface area contributed by atoms with E-state index in [0.717, 1.165) is 5.56 Å². The van der Waals surface area contributed by atoms with Gasteiger partial charge in [0.2, 0.25) is 0 Å². The minimum absolute atomic E-state index is 0.396. The minimum atomic E-state index is 0.396. The molecule has 0 bridgehead atoms. The van der Waals surface area contributed by atoms with E-state index in [0.29, 0.717) is 5.84 Å². The predicted molar refractivity (Wildman–Crippen MR) is 44.2 cm³/mol. The Morgan fingerprint density at radius 1 is 1.36 bits per heavy atom. The van der Waals surface area contributed by atoms with Crippen molar-refractivity contribution in [3.8, 4) is 0 Å². The fourth-order valence-corrected chi connectivity index (χ4v) is 0.760. The molecule has 58 valence electrons. The number of nitrogens with zero attached hydrogens (tertiary/aromatic N) is 1. The van der Waals surface area contributed by atoms with E-state index in [4.69, 9.17) is 5.73 Å². The molecule has 2 N–H and O–H groups in total. The van der Waals surface area contributed by atoms with Crippen LogP contribution in [-0.2, 0) is 4.84 Å². The molecule has 0 aliphatic carbocycles. The van der Waals surface area contributed by atoms with Crippen molar-refractivity contribution in [2.45, 2.75) is 0 Å². The van der Waals surface area contributed by atoms with E-state index in [2.05, 4.69) is 9.99 Å². The maximum absolute atomic E-state index is 5.53. The molecular weight excluding hydrogens is 140 g/mol. The Kier molecular flexibility index (Phi) is 2.49. The fourth-order valence-electron chi connectivity index (χ4n) is 0.760. The highest BCUT2D eigenvalue weighted by atomic mass is 16.6. The lowest BCUT2D eigenvalue weighted by Gasteiger charge is -1.96. The summed E-state index contributed by atoms with van der Waals surface area (Å²) in [6, 6.07) is 9.46. The van der Waals surface area contributed by atoms with Crippen LogP contribution in [0.4, 0.5) is 0 Å². The number of oxime groups is 1. The van der Waals surface area contributed by atoms with Gasteiger partial charge in [0.15, 0.2) is 5.84 Å². The van der Waals surface area contributed by atoms with Gasteiger partial charge in [-0.1, -0.05) is 35.5 Å². The first-order valence-electron chi connectivity index (χ1n) is 3.26. The normalized spacial score (nSPS) is 11.2. The average Bonchev–Trinajstić information content (AvgIpc) is 2.07. The summed E-state index contributed by atoms with van der Waals surface area (Å²) in [5, 5.41) is 3.59. The van der Waals surface area contributed by atoms with Crippen molar-refractivity contribution in [1.29, 1.82) is 0 Å². The molecule has 0 aliphatic heterocycles. The number of rotatable bonds is 2. The van der Waals surface area contributed by atoms with Crippen molar-refractivity contribution in [3.63, 3.8) is 0 Å². The number of nitrogens with two attached hydrogens (primary N) is 1. The molecule has 1 rings (SSSR count). The van der Waals surface area contributed by atoms with Crippen molar-refractivity contribution in [2.75, 3.05) is 7.11 Å². The first-order chi connectivity index (χ1) is 5.34. The van der Waals surface area contributed by atoms with Crippen molar-refractivity contribution >= 4 is 5.84 Å². The summed E-state index contributed by atoms with van der Waals surface area (Å²) in [5.41, 5.74) is 6.40. The van der Waals surface area contributed by atoms with Gasteiger partial charge in [-0.2, -0.15) is 0 Å². The molecule has 0 amide bonds. The third-order valence-electron chi connectivity index (χ3n) is 1.26. The van der Waals surface area contributed by atoms with Gasteiger partial charge in [0, 0.05) is 5.56 Å². The molecule has 3 heteroatoms. The highest BCUT2D eigenvalue weighted by Crippen LogP contribution is 1.96. The minimum Gasteiger partial charge on any atom is -0.397 e. The van der Waals surface area contributed by atoms with Crippen LogP contribution in [0.5, 0.6) is 0 Å². The van der Waals surface area contributed by atoms with Gasteiger partial charge >= 0.3 is 0 Å². The maximum Gasteiger partial charge on any atom is 0.170 e. The standard InChI is InChI=1S/C8H10N2O/c1-11-10-8(9)7-5-3-2-4-6-7/h2-6H,1H3,(H2,9,10). The summed E-state index contributed by atoms with van der Waals surface area (Å²) >= 11 is 0. The third-order valence-corrected chi connectivity index (χ3v) is 1.26. The van der Waals surface area contributed by atoms with E-state index in [-0.39, 0.29) is 0 Å². The molecule has 0 saturated heterocycles. The van der Waals surface area contributed by atoms with Crippen LogP contribution in [0.2, 0.25) is 0 Å². The van der Waals surface area contributed by atoms with Crippen molar-refractivity contribution < 1.29 is 4.84 Å². The molecule has 1 aromatic carbocycles. The molecule has 0 atom stereocenters. The molecule has 0 heterocycles. The predicted octanol–water partition coefficient (Wildman–Crippen LogP) is 0.953. The Morgan fingerprint density at radius 2 is 2.00 bits per heavy atom. The van der Waals surface area contributed by atoms with Crippen LogP contribution in [0.1, 0.15) is 5.56 Å². The summed E-state index contributed by atoms with van der Waals surface area (Å²) in [4.78, 5) is 4.52. The molecule has 0 radical (unpaired) electrons. The van der Waals surface area contributed by atoms with Crippen molar-refractivity contribution in [2.24, 2.45) is 10.9 Å². The maximum atomic E-state index is 5.53. The van der Waals surface area contributed by atoms with Crippen LogP contribution >= 0.6 is 0 Å². The number of benzene rings is 1. The van der Waals surface area contributed by atoms with Gasteiger partial charge in [0.25, 0.3) is 0 Å². The first kappa shape index (κ1) is 7.60. The second-order valence-electron chi connectivity index (χ2n) is 2.03. The van der Waals surface area contributed by atoms with Crippen LogP contribution in [-0.4, -0.2) is 12.9 Å². The molecule has 11 heavy (non-hydrogen) atoms. The first-order valence-corrected chi connectivity index (χ1v) is 3.26. The monoisotopic (exact) mass is 150 g/mol. The van der Waals surface area contributed by atoms with E-state index in [1.807, 2.05) is 30.3 Å². The van der Waals surface area contributed by atoms with Gasteiger partial charge in [0.05, 0.1) is 0 Å². The van der Waals surface area contributed by atoms with Gasteiger partial charge in [-0.3, -0.25) is 0 Å². The van der Waals surface area contributed by atoms with E-state index in [1.165, 1.54) is 7.11 Å². The molecule has 0 saturated carbocycles. The summed E-state index contributed by atoms with van der Waals surface area (Å²) in [7, 11) is 1.47. The van der Waals surface area contributed by atoms with E-state index in [1.54, 1.807) is 0 Å². The molecule has 3 nitrogen and oxygen atoms in total. The molecular formula is C8H10N2O. The Labute approximate surface area is 65.5 Å². The van der Waals surface area contributed by atoms with Gasteiger partial charge in [0.1, 0.15) is 7.11 Å². The van der Waals surface area contributed by atoms with E-state index >= 15 is 0 Å². The molecule has 0 aromatic heterocycles. The number of hydrogen-bond acceptors (Lipinski definition) is 2. The highest BCUT2D eigenvalue weighted by molar-refractivity contribution is 5.96. The van der Waals surface area contributed by atoms with Gasteiger partial charge in [-0.05, 0) is 0 Å². The highest BCUT2D eigenvalue weighted by Gasteiger charge is 1.94. The molecule has 0 fully saturated rings. The Bertz CT molecular complexity index is 244. The quantitative estimate of drug-likeness (QED) is 0.387. The largest absolute Gasteiger partial charge is 0.397 e. The van der Waals surface area contributed by atoms with Gasteiger partial charge < -0.3 is 10.6 Å². The molecule has 0 aliphatic rings. The average molecular weight is 150 g/mol. The number of hydrogen-bond donors (Lipinski definition) is 1. The van der Waals surface area contributed by atoms with Gasteiger partial charge in [-0.25, -0.2) is 0 Å². The summed E-state index contributed by atoms with van der Waals surface area (Å²) < 4.78 is 0. The van der Waals surface area contributed by atoms with Crippen LogP contribution in [0.3, 0.4) is 0 Å². The second-order valence-corrected chi connectivity index (χ2v) is 2.03. The zero-order valence-electron chi connectivity index (χ0n) is 6.32. The Hall–Kier alpha value is -1.51. The molecule has 0 spiro atoms. The SMILES string of the molecule is CON=C(N)c1ccccc1. The Morgan fingerprint density at radius 3 is 2.55 bits per heavy atom. The zero-order chi connectivity index (χ0) is 8.10. The van der Waals surface area contributed by atoms with E-state index < -0.39 is 0 Å². The topological polar surface area (TPSA) is 47.6 Å². The van der Waals surface area contributed by atoms with Crippen molar-refractivity contribution in [1.82, 2.24) is 0 Å². The zero-order valence-corrected chi connectivity index (χ0v) is 6.32. The van der Waals surface area contributed by atoms with Gasteiger partial charge in [-0.15, -0.1) is 0 Å². The molecule has 1 aromatic rings. The summed E-state index contributed by atoms with van der Waals surface area (Å²) in [6.45, 7) is 0. The lowest BCUT2D eigenvalue weighted by molar-refractivity contribution is 0.213. The van der Waals surface area contributed by atoms with Crippen LogP contribution in [0.25, 0.3) is 0 Å².